The summed E-state index contributed by atoms with van der Waals surface area (Å²) in [5, 5.41) is 12.7. The van der Waals surface area contributed by atoms with E-state index in [1.54, 1.807) is 24.3 Å². The normalized spacial score (nSPS) is 21.0. The quantitative estimate of drug-likeness (QED) is 0.487. The molecular weight excluding hydrogens is 352 g/mol. The summed E-state index contributed by atoms with van der Waals surface area (Å²) < 4.78 is 5.21. The first-order chi connectivity index (χ1) is 11.4. The number of carboxylic acid groups (broad SMARTS) is 1. The third-order valence-corrected chi connectivity index (χ3v) is 5.81. The monoisotopic (exact) mass is 368 g/mol. The molecule has 0 bridgehead atoms. The van der Waals surface area contributed by atoms with Crippen LogP contribution in [0.2, 0.25) is 0 Å². The summed E-state index contributed by atoms with van der Waals surface area (Å²) in [5.74, 6) is -1.05. The third-order valence-electron chi connectivity index (χ3n) is 3.71. The summed E-state index contributed by atoms with van der Waals surface area (Å²) in [6.45, 7) is 0.309. The lowest BCUT2D eigenvalue weighted by molar-refractivity contribution is -0.141. The largest absolute Gasteiger partial charge is 0.480 e. The SMILES string of the molecule is CS(=S)[C@@H]1C[C@@H](C(=O)O)N(C(=O)OCc2ccc(N=[N+]=[N-])cc2)C1. The van der Waals surface area contributed by atoms with Crippen LogP contribution in [-0.2, 0) is 36.8 Å². The third kappa shape index (κ3) is 4.44. The van der Waals surface area contributed by atoms with Crippen LogP contribution >= 0.6 is 0 Å². The first-order valence-electron chi connectivity index (χ1n) is 7.05. The molecule has 1 fully saturated rings. The number of ether oxygens (including phenoxy) is 1. The molecule has 0 saturated carbocycles. The number of hydrogen-bond donors (Lipinski definition) is 1. The molecule has 1 aromatic carbocycles. The molecule has 1 amide bonds. The van der Waals surface area contributed by atoms with Crippen LogP contribution in [0.25, 0.3) is 10.4 Å². The van der Waals surface area contributed by atoms with Crippen molar-refractivity contribution in [3.8, 4) is 0 Å². The van der Waals surface area contributed by atoms with Crippen molar-refractivity contribution in [2.24, 2.45) is 5.11 Å². The lowest BCUT2D eigenvalue weighted by atomic mass is 10.2. The van der Waals surface area contributed by atoms with Gasteiger partial charge in [0.05, 0.1) is 0 Å². The van der Waals surface area contributed by atoms with E-state index in [1.165, 1.54) is 4.90 Å². The van der Waals surface area contributed by atoms with Gasteiger partial charge in [0, 0.05) is 22.4 Å². The van der Waals surface area contributed by atoms with Gasteiger partial charge in [-0.1, -0.05) is 40.6 Å². The zero-order valence-corrected chi connectivity index (χ0v) is 14.5. The second-order valence-electron chi connectivity index (χ2n) is 5.27. The van der Waals surface area contributed by atoms with E-state index in [0.29, 0.717) is 24.2 Å². The van der Waals surface area contributed by atoms with E-state index in [1.807, 2.05) is 6.26 Å². The maximum atomic E-state index is 12.2. The molecule has 0 aliphatic carbocycles. The van der Waals surface area contributed by atoms with Gasteiger partial charge >= 0.3 is 12.1 Å². The van der Waals surface area contributed by atoms with Crippen LogP contribution in [0.15, 0.2) is 29.4 Å². The van der Waals surface area contributed by atoms with E-state index in [9.17, 15) is 14.7 Å². The molecule has 128 valence electrons. The molecule has 1 aliphatic heterocycles. The molecule has 24 heavy (non-hydrogen) atoms. The number of rotatable bonds is 5. The standard InChI is InChI=1S/C14H16N4O4S2/c1-24(23)11-6-12(13(19)20)18(7-11)14(21)22-8-9-2-4-10(5-3-9)16-17-15/h2-5,11-12H,6-8H2,1H3,(H,19,20)/t11-,12+,24?/m1/s1. The summed E-state index contributed by atoms with van der Waals surface area (Å²) >= 11 is 5.21. The summed E-state index contributed by atoms with van der Waals surface area (Å²) in [6, 6.07) is 5.66. The molecular formula is C14H16N4O4S2. The summed E-state index contributed by atoms with van der Waals surface area (Å²) in [4.78, 5) is 27.5. The highest BCUT2D eigenvalue weighted by Crippen LogP contribution is 2.23. The van der Waals surface area contributed by atoms with Crippen molar-refractivity contribution in [2.45, 2.75) is 24.3 Å². The fraction of sp³-hybridized carbons (Fsp3) is 0.429. The van der Waals surface area contributed by atoms with Crippen LogP contribution in [-0.4, -0.2) is 46.2 Å². The number of benzene rings is 1. The number of carbonyl (C=O) groups excluding carboxylic acids is 1. The van der Waals surface area contributed by atoms with Crippen molar-refractivity contribution >= 4 is 38.4 Å². The Bertz CT molecular complexity index is 703. The van der Waals surface area contributed by atoms with E-state index in [2.05, 4.69) is 10.0 Å². The molecule has 1 aromatic rings. The number of nitrogens with zero attached hydrogens (tertiary/aromatic N) is 4. The second-order valence-corrected chi connectivity index (χ2v) is 8.51. The molecule has 1 heterocycles. The average molecular weight is 368 g/mol. The Hall–Kier alpha value is -2.16. The Balaban J connectivity index is 1.99. The lowest BCUT2D eigenvalue weighted by Crippen LogP contribution is -2.40. The van der Waals surface area contributed by atoms with Gasteiger partial charge in [0.1, 0.15) is 12.6 Å². The first kappa shape index (κ1) is 18.2. The van der Waals surface area contributed by atoms with Gasteiger partial charge in [-0.2, -0.15) is 0 Å². The van der Waals surface area contributed by atoms with Crippen molar-refractivity contribution in [1.29, 1.82) is 0 Å². The second kappa shape index (κ2) is 8.09. The van der Waals surface area contributed by atoms with Crippen molar-refractivity contribution in [2.75, 3.05) is 12.8 Å². The number of carbonyl (C=O) groups is 2. The zero-order valence-electron chi connectivity index (χ0n) is 12.9. The molecule has 1 saturated heterocycles. The molecule has 8 nitrogen and oxygen atoms in total. The molecule has 2 rings (SSSR count). The van der Waals surface area contributed by atoms with Crippen molar-refractivity contribution in [3.63, 3.8) is 0 Å². The summed E-state index contributed by atoms with van der Waals surface area (Å²) in [7, 11) is -0.379. The Morgan fingerprint density at radius 1 is 1.50 bits per heavy atom. The number of likely N-dealkylation sites (tertiary alicyclic amines) is 1. The van der Waals surface area contributed by atoms with Gasteiger partial charge < -0.3 is 9.84 Å². The fourth-order valence-corrected chi connectivity index (χ4v) is 3.65. The Morgan fingerprint density at radius 3 is 2.71 bits per heavy atom. The van der Waals surface area contributed by atoms with Gasteiger partial charge in [-0.15, -0.1) is 9.45 Å². The topological polar surface area (TPSA) is 116 Å². The van der Waals surface area contributed by atoms with Crippen LogP contribution in [0.1, 0.15) is 12.0 Å². The van der Waals surface area contributed by atoms with Gasteiger partial charge in [0.25, 0.3) is 0 Å². The van der Waals surface area contributed by atoms with Crippen LogP contribution in [0.4, 0.5) is 10.5 Å². The first-order valence-corrected chi connectivity index (χ1v) is 9.67. The predicted molar refractivity (Wildman–Crippen MR) is 92.6 cm³/mol. The lowest BCUT2D eigenvalue weighted by Gasteiger charge is -2.20. The van der Waals surface area contributed by atoms with E-state index < -0.39 is 18.1 Å². The minimum absolute atomic E-state index is 0.00298. The molecule has 1 unspecified atom stereocenters. The summed E-state index contributed by atoms with van der Waals surface area (Å²) in [5.41, 5.74) is 9.51. The highest BCUT2D eigenvalue weighted by atomic mass is 32.8. The predicted octanol–water partition coefficient (Wildman–Crippen LogP) is 2.50. The minimum Gasteiger partial charge on any atom is -0.480 e. The molecule has 1 aliphatic rings. The Kier molecular flexibility index (Phi) is 6.13. The number of hydrogen-bond acceptors (Lipinski definition) is 5. The zero-order chi connectivity index (χ0) is 17.7. The van der Waals surface area contributed by atoms with Crippen molar-refractivity contribution in [1.82, 2.24) is 4.90 Å². The van der Waals surface area contributed by atoms with E-state index in [0.717, 1.165) is 0 Å². The van der Waals surface area contributed by atoms with Gasteiger partial charge in [0.2, 0.25) is 0 Å². The van der Waals surface area contributed by atoms with Crippen molar-refractivity contribution < 1.29 is 19.4 Å². The minimum atomic E-state index is -1.05. The summed E-state index contributed by atoms with van der Waals surface area (Å²) in [6.07, 6.45) is 1.55. The van der Waals surface area contributed by atoms with Crippen LogP contribution in [0.5, 0.6) is 0 Å². The maximum absolute atomic E-state index is 12.2. The fourth-order valence-electron chi connectivity index (χ4n) is 2.41. The van der Waals surface area contributed by atoms with Gasteiger partial charge in [-0.05, 0) is 23.8 Å². The smallest absolute Gasteiger partial charge is 0.410 e. The Morgan fingerprint density at radius 2 is 2.17 bits per heavy atom. The highest BCUT2D eigenvalue weighted by molar-refractivity contribution is 8.28. The van der Waals surface area contributed by atoms with Crippen LogP contribution in [0, 0.1) is 0 Å². The van der Waals surface area contributed by atoms with E-state index in [-0.39, 0.29) is 21.3 Å². The van der Waals surface area contributed by atoms with E-state index >= 15 is 0 Å². The molecule has 3 atom stereocenters. The number of azide groups is 1. The van der Waals surface area contributed by atoms with Crippen LogP contribution < -0.4 is 0 Å². The maximum Gasteiger partial charge on any atom is 0.410 e. The molecule has 0 radical (unpaired) electrons. The Labute approximate surface area is 145 Å². The van der Waals surface area contributed by atoms with Crippen LogP contribution in [0.3, 0.4) is 0 Å². The molecule has 10 heteroatoms. The number of amides is 1. The average Bonchev–Trinajstić information content (AvgIpc) is 3.00. The van der Waals surface area contributed by atoms with Gasteiger partial charge in [-0.25, -0.2) is 9.59 Å². The van der Waals surface area contributed by atoms with E-state index in [4.69, 9.17) is 21.5 Å². The van der Waals surface area contributed by atoms with Gasteiger partial charge in [-0.3, -0.25) is 4.90 Å². The number of carboxylic acids is 1. The molecule has 0 aromatic heterocycles. The van der Waals surface area contributed by atoms with Gasteiger partial charge in [0.15, 0.2) is 0 Å². The molecule has 0 spiro atoms. The van der Waals surface area contributed by atoms with Crippen molar-refractivity contribution in [3.05, 3.63) is 40.3 Å². The number of aliphatic carboxylic acids is 1. The molecule has 1 N–H and O–H groups in total. The highest BCUT2D eigenvalue weighted by Gasteiger charge is 2.41.